The predicted octanol–water partition coefficient (Wildman–Crippen LogP) is -0.918. The van der Waals surface area contributed by atoms with Gasteiger partial charge in [-0.15, -0.1) is 0 Å². The Kier molecular flexibility index (Phi) is 3.24. The molecule has 0 fully saturated rings. The van der Waals surface area contributed by atoms with Gasteiger partial charge in [0, 0.05) is 6.54 Å². The summed E-state index contributed by atoms with van der Waals surface area (Å²) in [5.41, 5.74) is 1.66. The van der Waals surface area contributed by atoms with Crippen LogP contribution in [0.15, 0.2) is 0 Å². The van der Waals surface area contributed by atoms with E-state index in [4.69, 9.17) is 16.8 Å². The molecule has 0 radical (unpaired) electrons. The van der Waals surface area contributed by atoms with E-state index in [1.807, 2.05) is 0 Å². The Morgan fingerprint density at radius 1 is 1.73 bits per heavy atom. The summed E-state index contributed by atoms with van der Waals surface area (Å²) < 4.78 is 0. The van der Waals surface area contributed by atoms with Crippen LogP contribution in [0.2, 0.25) is 0 Å². The normalized spacial score (nSPS) is 11.3. The predicted molar refractivity (Wildman–Crippen MR) is 40.3 cm³/mol. The van der Waals surface area contributed by atoms with Crippen molar-refractivity contribution in [3.63, 3.8) is 0 Å². The van der Waals surface area contributed by atoms with Crippen molar-refractivity contribution < 1.29 is 9.90 Å². The van der Waals surface area contributed by atoms with E-state index in [1.54, 1.807) is 13.8 Å². The molecule has 0 bridgehead atoms. The van der Waals surface area contributed by atoms with Crippen molar-refractivity contribution in [2.75, 3.05) is 6.54 Å². The maximum Gasteiger partial charge on any atom is 0.422 e. The summed E-state index contributed by atoms with van der Waals surface area (Å²) in [5, 5.41) is 9.19. The lowest BCUT2D eigenvalue weighted by molar-refractivity contribution is 0.0919. The highest BCUT2D eigenvalue weighted by molar-refractivity contribution is 5.65. The molecule has 1 amide bonds. The van der Waals surface area contributed by atoms with E-state index in [0.717, 1.165) is 0 Å². The third-order valence-electron chi connectivity index (χ3n) is 1.39. The Morgan fingerprint density at radius 2 is 2.18 bits per heavy atom. The largest absolute Gasteiger partial charge is 0.464 e. The lowest BCUT2D eigenvalue weighted by atomic mass is 10.1. The smallest absolute Gasteiger partial charge is 0.422 e. The SMILES string of the molecule is CC(C)(CNN)N(N)C(=O)O. The fraction of sp³-hybridized carbons (Fsp3) is 0.800. The molecule has 0 aromatic carbocycles. The first kappa shape index (κ1) is 10.2. The van der Waals surface area contributed by atoms with E-state index in [1.165, 1.54) is 0 Å². The number of hydrogen-bond donors (Lipinski definition) is 4. The number of rotatable bonds is 3. The quantitative estimate of drug-likeness (QED) is 0.244. The van der Waals surface area contributed by atoms with Gasteiger partial charge >= 0.3 is 6.09 Å². The third-order valence-corrected chi connectivity index (χ3v) is 1.39. The Hall–Kier alpha value is -0.850. The molecule has 0 rings (SSSR count). The fourth-order valence-corrected chi connectivity index (χ4v) is 0.594. The Labute approximate surface area is 65.1 Å². The number of amides is 1. The molecule has 6 nitrogen and oxygen atoms in total. The molecule has 0 atom stereocenters. The lowest BCUT2D eigenvalue weighted by Gasteiger charge is -2.31. The van der Waals surface area contributed by atoms with Crippen LogP contribution in [0.3, 0.4) is 0 Å². The number of nitrogens with zero attached hydrogens (tertiary/aromatic N) is 1. The molecule has 6 N–H and O–H groups in total. The minimum atomic E-state index is -1.18. The first-order valence-electron chi connectivity index (χ1n) is 3.13. The van der Waals surface area contributed by atoms with Gasteiger partial charge < -0.3 is 5.11 Å². The van der Waals surface area contributed by atoms with Crippen molar-refractivity contribution in [1.82, 2.24) is 10.4 Å². The van der Waals surface area contributed by atoms with Crippen molar-refractivity contribution in [3.8, 4) is 0 Å². The first-order chi connectivity index (χ1) is 4.91. The monoisotopic (exact) mass is 162 g/mol. The first-order valence-corrected chi connectivity index (χ1v) is 3.13. The second-order valence-corrected chi connectivity index (χ2v) is 2.85. The van der Waals surface area contributed by atoms with Gasteiger partial charge in [0.2, 0.25) is 0 Å². The molecule has 0 spiro atoms. The van der Waals surface area contributed by atoms with Gasteiger partial charge in [0.05, 0.1) is 5.54 Å². The van der Waals surface area contributed by atoms with Crippen LogP contribution in [0, 0.1) is 0 Å². The topological polar surface area (TPSA) is 105 Å². The molecule has 0 saturated carbocycles. The van der Waals surface area contributed by atoms with Crippen LogP contribution >= 0.6 is 0 Å². The second-order valence-electron chi connectivity index (χ2n) is 2.85. The number of hydrogen-bond acceptors (Lipinski definition) is 4. The van der Waals surface area contributed by atoms with Crippen molar-refractivity contribution >= 4 is 6.09 Å². The number of carbonyl (C=O) groups is 1. The van der Waals surface area contributed by atoms with Crippen LogP contribution in [0.4, 0.5) is 4.79 Å². The second kappa shape index (κ2) is 3.51. The van der Waals surface area contributed by atoms with Crippen LogP contribution in [0.25, 0.3) is 0 Å². The van der Waals surface area contributed by atoms with E-state index in [-0.39, 0.29) is 0 Å². The van der Waals surface area contributed by atoms with Crippen LogP contribution in [-0.4, -0.2) is 28.3 Å². The minimum absolute atomic E-state index is 0.301. The maximum absolute atomic E-state index is 10.4. The zero-order valence-electron chi connectivity index (χ0n) is 6.66. The molecular formula is C5H14N4O2. The van der Waals surface area contributed by atoms with Gasteiger partial charge in [-0.1, -0.05) is 0 Å². The summed E-state index contributed by atoms with van der Waals surface area (Å²) in [5.74, 6) is 10.2. The summed E-state index contributed by atoms with van der Waals surface area (Å²) in [7, 11) is 0. The van der Waals surface area contributed by atoms with Gasteiger partial charge in [-0.2, -0.15) is 0 Å². The molecule has 0 aliphatic heterocycles. The molecule has 0 aliphatic rings. The fourth-order valence-electron chi connectivity index (χ4n) is 0.594. The van der Waals surface area contributed by atoms with Gasteiger partial charge in [-0.3, -0.25) is 11.3 Å². The minimum Gasteiger partial charge on any atom is -0.464 e. The van der Waals surface area contributed by atoms with E-state index < -0.39 is 11.6 Å². The Balaban J connectivity index is 4.16. The van der Waals surface area contributed by atoms with Crippen molar-refractivity contribution in [2.24, 2.45) is 11.7 Å². The molecule has 66 valence electrons. The van der Waals surface area contributed by atoms with Crippen LogP contribution < -0.4 is 17.1 Å². The maximum atomic E-state index is 10.4. The molecule has 0 unspecified atom stereocenters. The van der Waals surface area contributed by atoms with E-state index >= 15 is 0 Å². The van der Waals surface area contributed by atoms with E-state index in [0.29, 0.717) is 11.6 Å². The van der Waals surface area contributed by atoms with Crippen LogP contribution in [-0.2, 0) is 0 Å². The number of nitrogens with two attached hydrogens (primary N) is 2. The van der Waals surface area contributed by atoms with Crippen molar-refractivity contribution in [1.29, 1.82) is 0 Å². The third kappa shape index (κ3) is 2.71. The van der Waals surface area contributed by atoms with Gasteiger partial charge in [0.1, 0.15) is 0 Å². The van der Waals surface area contributed by atoms with E-state index in [2.05, 4.69) is 5.43 Å². The molecule has 0 aromatic rings. The summed E-state index contributed by atoms with van der Waals surface area (Å²) in [6.45, 7) is 3.64. The molecular weight excluding hydrogens is 148 g/mol. The van der Waals surface area contributed by atoms with Crippen LogP contribution in [0.5, 0.6) is 0 Å². The summed E-state index contributed by atoms with van der Waals surface area (Å²) >= 11 is 0. The molecule has 0 heterocycles. The van der Waals surface area contributed by atoms with Gasteiger partial charge in [-0.25, -0.2) is 15.6 Å². The molecule has 0 saturated heterocycles. The van der Waals surface area contributed by atoms with Gasteiger partial charge in [-0.05, 0) is 13.8 Å². The molecule has 0 aliphatic carbocycles. The highest BCUT2D eigenvalue weighted by atomic mass is 16.4. The lowest BCUT2D eigenvalue weighted by Crippen LogP contribution is -2.57. The van der Waals surface area contributed by atoms with Crippen LogP contribution in [0.1, 0.15) is 13.8 Å². The molecule has 0 aromatic heterocycles. The highest BCUT2D eigenvalue weighted by Gasteiger charge is 2.27. The van der Waals surface area contributed by atoms with Crippen molar-refractivity contribution in [3.05, 3.63) is 0 Å². The number of nitrogens with one attached hydrogen (secondary N) is 1. The highest BCUT2D eigenvalue weighted by Crippen LogP contribution is 2.07. The van der Waals surface area contributed by atoms with E-state index in [9.17, 15) is 4.79 Å². The number of carboxylic acid groups (broad SMARTS) is 1. The molecule has 11 heavy (non-hydrogen) atoms. The van der Waals surface area contributed by atoms with Crippen molar-refractivity contribution in [2.45, 2.75) is 19.4 Å². The average Bonchev–Trinajstić information content (AvgIpc) is 1.86. The standard InChI is InChI=1S/C5H14N4O2/c1-5(2,3-8-6)9(7)4(10)11/h8H,3,6-7H2,1-2H3,(H,10,11). The zero-order valence-corrected chi connectivity index (χ0v) is 6.66. The summed E-state index contributed by atoms with van der Waals surface area (Å²) in [4.78, 5) is 10.4. The van der Waals surface area contributed by atoms with Gasteiger partial charge in [0.15, 0.2) is 0 Å². The molecule has 6 heteroatoms. The summed E-state index contributed by atoms with van der Waals surface area (Å²) in [6, 6.07) is 0. The zero-order chi connectivity index (χ0) is 9.07. The number of hydrazine groups is 2. The van der Waals surface area contributed by atoms with Gasteiger partial charge in [0.25, 0.3) is 0 Å². The average molecular weight is 162 g/mol. The Bertz CT molecular complexity index is 147. The Morgan fingerprint density at radius 3 is 2.45 bits per heavy atom. The summed E-state index contributed by atoms with van der Waals surface area (Å²) in [6.07, 6.45) is -1.18.